The lowest BCUT2D eigenvalue weighted by atomic mass is 9.76. The number of allylic oxidation sites excluding steroid dienone is 4. The molecule has 0 aromatic carbocycles. The van der Waals surface area contributed by atoms with E-state index in [9.17, 15) is 19.2 Å². The lowest BCUT2D eigenvalue weighted by Crippen LogP contribution is -2.47. The van der Waals surface area contributed by atoms with Gasteiger partial charge in [-0.1, -0.05) is 27.7 Å². The van der Waals surface area contributed by atoms with Gasteiger partial charge in [-0.2, -0.15) is 0 Å². The number of carbonyl (C=O) groups excluding carboxylic acids is 2. The maximum Gasteiger partial charge on any atom is 0.328 e. The van der Waals surface area contributed by atoms with Gasteiger partial charge in [-0.25, -0.2) is 9.59 Å². The van der Waals surface area contributed by atoms with Crippen LogP contribution in [0.3, 0.4) is 0 Å². The number of ketones is 2. The fraction of sp³-hybridized carbons (Fsp3) is 0.478. The van der Waals surface area contributed by atoms with Crippen LogP contribution in [0.5, 0.6) is 0 Å². The van der Waals surface area contributed by atoms with E-state index in [-0.39, 0.29) is 11.1 Å². The molecular weight excluding hydrogens is 404 g/mol. The molecule has 0 saturated carbocycles. The number of carbonyl (C=O) groups is 4. The highest BCUT2D eigenvalue weighted by atomic mass is 16.5. The molecule has 2 unspecified atom stereocenters. The summed E-state index contributed by atoms with van der Waals surface area (Å²) in [5, 5.41) is 17.9. The Kier molecular flexibility index (Phi) is 7.60. The van der Waals surface area contributed by atoms with Crippen LogP contribution in [-0.2, 0) is 28.7 Å². The van der Waals surface area contributed by atoms with Gasteiger partial charge in [0.2, 0.25) is 11.6 Å². The van der Waals surface area contributed by atoms with E-state index < -0.39 is 41.1 Å². The smallest absolute Gasteiger partial charge is 0.328 e. The number of carboxylic acid groups (broad SMARTS) is 2. The van der Waals surface area contributed by atoms with Gasteiger partial charge in [-0.15, -0.1) is 0 Å². The van der Waals surface area contributed by atoms with Gasteiger partial charge >= 0.3 is 11.9 Å². The summed E-state index contributed by atoms with van der Waals surface area (Å²) in [7, 11) is 0. The second-order valence-corrected chi connectivity index (χ2v) is 8.06. The van der Waals surface area contributed by atoms with Crippen LogP contribution in [-0.4, -0.2) is 45.9 Å². The number of hydrogen-bond acceptors (Lipinski definition) is 6. The monoisotopic (exact) mass is 432 g/mol. The van der Waals surface area contributed by atoms with Crippen LogP contribution in [0, 0.1) is 5.41 Å². The number of Topliss-reactive ketones (excluding diaryl/α,β-unsaturated/α-hetero) is 2. The van der Waals surface area contributed by atoms with Crippen LogP contribution >= 0.6 is 0 Å². The zero-order valence-corrected chi connectivity index (χ0v) is 18.1. The van der Waals surface area contributed by atoms with Gasteiger partial charge in [0, 0.05) is 25.0 Å². The van der Waals surface area contributed by atoms with Gasteiger partial charge in [0.15, 0.2) is 12.2 Å². The quantitative estimate of drug-likeness (QED) is 0.503. The van der Waals surface area contributed by atoms with E-state index >= 15 is 0 Å². The van der Waals surface area contributed by atoms with Gasteiger partial charge in [-0.3, -0.25) is 9.59 Å². The van der Waals surface area contributed by atoms with Crippen LogP contribution in [0.2, 0.25) is 0 Å². The molecule has 168 valence electrons. The van der Waals surface area contributed by atoms with E-state index in [4.69, 9.17) is 19.7 Å². The molecular formula is C23H28O8. The molecule has 2 aliphatic rings. The zero-order chi connectivity index (χ0) is 23.3. The molecule has 2 N–H and O–H groups in total. The molecule has 0 amide bonds. The zero-order valence-electron chi connectivity index (χ0n) is 18.1. The molecule has 2 aliphatic heterocycles. The minimum Gasteiger partial charge on any atom is -0.485 e. The van der Waals surface area contributed by atoms with Crippen LogP contribution in [0.25, 0.3) is 0 Å². The Labute approximate surface area is 180 Å². The van der Waals surface area contributed by atoms with Crippen LogP contribution in [0.15, 0.2) is 47.0 Å². The Morgan fingerprint density at radius 2 is 1.19 bits per heavy atom. The fourth-order valence-electron chi connectivity index (χ4n) is 3.69. The number of aliphatic carboxylic acids is 2. The molecule has 0 aromatic rings. The largest absolute Gasteiger partial charge is 0.485 e. The predicted molar refractivity (Wildman–Crippen MR) is 111 cm³/mol. The first-order valence-electron chi connectivity index (χ1n) is 10.2. The van der Waals surface area contributed by atoms with Gasteiger partial charge in [0.25, 0.3) is 0 Å². The maximum atomic E-state index is 13.1. The molecule has 2 heterocycles. The van der Waals surface area contributed by atoms with Crippen LogP contribution in [0.1, 0.15) is 53.4 Å². The molecule has 8 nitrogen and oxygen atoms in total. The molecule has 2 atom stereocenters. The van der Waals surface area contributed by atoms with Crippen molar-refractivity contribution >= 4 is 23.5 Å². The Hall–Kier alpha value is -3.16. The first-order chi connectivity index (χ1) is 14.5. The minimum atomic E-state index is -1.18. The number of hydrogen-bond donors (Lipinski definition) is 2. The number of carboxylic acids is 2. The molecule has 0 fully saturated rings. The average Bonchev–Trinajstić information content (AvgIpc) is 3.16. The second kappa shape index (κ2) is 9.76. The van der Waals surface area contributed by atoms with E-state index in [0.29, 0.717) is 37.2 Å². The van der Waals surface area contributed by atoms with Crippen molar-refractivity contribution in [1.82, 2.24) is 0 Å². The van der Waals surface area contributed by atoms with Gasteiger partial charge in [-0.05, 0) is 25.0 Å². The predicted octanol–water partition coefficient (Wildman–Crippen LogP) is 3.34. The third-order valence-electron chi connectivity index (χ3n) is 5.22. The Balaban J connectivity index is 2.35. The molecule has 0 aromatic heterocycles. The summed E-state index contributed by atoms with van der Waals surface area (Å²) in [5.74, 6) is -2.40. The minimum absolute atomic E-state index is 0.181. The molecule has 0 bridgehead atoms. The van der Waals surface area contributed by atoms with Crippen molar-refractivity contribution < 1.29 is 38.9 Å². The summed E-state index contributed by atoms with van der Waals surface area (Å²) in [5.41, 5.74) is -0.731. The summed E-state index contributed by atoms with van der Waals surface area (Å²) in [6.45, 7) is 7.17. The first-order valence-corrected chi connectivity index (χ1v) is 10.2. The molecule has 31 heavy (non-hydrogen) atoms. The molecule has 0 radical (unpaired) electrons. The van der Waals surface area contributed by atoms with Crippen LogP contribution in [0.4, 0.5) is 0 Å². The molecule has 8 heteroatoms. The van der Waals surface area contributed by atoms with E-state index in [1.54, 1.807) is 13.8 Å². The number of ether oxygens (including phenoxy) is 2. The summed E-state index contributed by atoms with van der Waals surface area (Å²) in [4.78, 5) is 48.1. The highest BCUT2D eigenvalue weighted by Gasteiger charge is 2.54. The fourth-order valence-corrected chi connectivity index (χ4v) is 3.69. The van der Waals surface area contributed by atoms with E-state index in [2.05, 4.69) is 0 Å². The summed E-state index contributed by atoms with van der Waals surface area (Å²) < 4.78 is 11.9. The van der Waals surface area contributed by atoms with E-state index in [0.717, 1.165) is 12.2 Å². The van der Waals surface area contributed by atoms with Gasteiger partial charge in [0.1, 0.15) is 11.5 Å². The second-order valence-electron chi connectivity index (χ2n) is 8.06. The van der Waals surface area contributed by atoms with Crippen molar-refractivity contribution in [2.24, 2.45) is 5.41 Å². The highest BCUT2D eigenvalue weighted by molar-refractivity contribution is 6.08. The highest BCUT2D eigenvalue weighted by Crippen LogP contribution is 2.43. The van der Waals surface area contributed by atoms with Crippen molar-refractivity contribution in [2.75, 3.05) is 0 Å². The van der Waals surface area contributed by atoms with Crippen molar-refractivity contribution in [3.63, 3.8) is 0 Å². The van der Waals surface area contributed by atoms with Crippen molar-refractivity contribution in [2.45, 2.75) is 65.6 Å². The van der Waals surface area contributed by atoms with Crippen molar-refractivity contribution in [3.8, 4) is 0 Å². The Morgan fingerprint density at radius 3 is 1.48 bits per heavy atom. The SMILES string of the molecule is CCCC1=C(C=CC(=O)O)C(=O)C(C(C)(C)C2OC(CCC)=C(C=CC(=O)O)C2=O)O1. The van der Waals surface area contributed by atoms with Crippen molar-refractivity contribution in [1.29, 1.82) is 0 Å². The summed E-state index contributed by atoms with van der Waals surface area (Å²) in [6.07, 6.45) is 4.41. The maximum absolute atomic E-state index is 13.1. The Bertz CT molecular complexity index is 829. The molecule has 0 spiro atoms. The van der Waals surface area contributed by atoms with Crippen molar-refractivity contribution in [3.05, 3.63) is 47.0 Å². The topological polar surface area (TPSA) is 127 Å². The summed E-state index contributed by atoms with van der Waals surface area (Å²) >= 11 is 0. The molecule has 0 saturated heterocycles. The summed E-state index contributed by atoms with van der Waals surface area (Å²) in [6, 6.07) is 0. The van der Waals surface area contributed by atoms with E-state index in [1.165, 1.54) is 12.2 Å². The standard InChI is InChI=1S/C23H28O8/c1-5-7-15-13(9-11-17(24)25)19(28)21(30-15)23(3,4)22-20(29)14(10-12-18(26)27)16(31-22)8-6-2/h9-12,21-22H,5-8H2,1-4H3,(H,24,25)(H,26,27). The van der Waals surface area contributed by atoms with Gasteiger partial charge < -0.3 is 19.7 Å². The van der Waals surface area contributed by atoms with Crippen LogP contribution < -0.4 is 0 Å². The normalized spacial score (nSPS) is 22.1. The van der Waals surface area contributed by atoms with E-state index in [1.807, 2.05) is 13.8 Å². The Morgan fingerprint density at radius 1 is 0.839 bits per heavy atom. The molecule has 2 rings (SSSR count). The van der Waals surface area contributed by atoms with Gasteiger partial charge in [0.05, 0.1) is 16.6 Å². The average molecular weight is 432 g/mol. The third-order valence-corrected chi connectivity index (χ3v) is 5.22. The number of rotatable bonds is 10. The third kappa shape index (κ3) is 5.13. The molecule has 0 aliphatic carbocycles. The lowest BCUT2D eigenvalue weighted by Gasteiger charge is -2.34. The lowest BCUT2D eigenvalue weighted by molar-refractivity contribution is -0.141. The first kappa shape index (κ1) is 24.1.